The summed E-state index contributed by atoms with van der Waals surface area (Å²) in [5.41, 5.74) is -13.9. The molecule has 0 aromatic heterocycles. The lowest BCUT2D eigenvalue weighted by Crippen LogP contribution is -2.45. The molecule has 0 bridgehead atoms. The fourth-order valence-electron chi connectivity index (χ4n) is 5.34. The first-order valence-electron chi connectivity index (χ1n) is 13.3. The van der Waals surface area contributed by atoms with Crippen LogP contribution in [0.25, 0.3) is 11.6 Å². The van der Waals surface area contributed by atoms with Crippen molar-refractivity contribution < 1.29 is 47.7 Å². The molecule has 6 nitrogen and oxygen atoms in total. The van der Waals surface area contributed by atoms with E-state index in [1.807, 2.05) is 0 Å². The maximum absolute atomic E-state index is 13.0. The Bertz CT molecular complexity index is 1480. The van der Waals surface area contributed by atoms with Gasteiger partial charge in [-0.05, 0) is 48.6 Å². The third-order valence-corrected chi connectivity index (χ3v) is 10.9. The number of sulfone groups is 2. The molecule has 4 rings (SSSR count). The number of alkyl halides is 6. The molecule has 1 fully saturated rings. The predicted molar refractivity (Wildman–Crippen MR) is 146 cm³/mol. The maximum Gasteiger partial charge on any atom is 0.502 e. The Labute approximate surface area is 236 Å². The Kier molecular flexibility index (Phi) is 9.71. The number of halogens is 6. The Morgan fingerprint density at radius 3 is 1.93 bits per heavy atom. The first kappa shape index (κ1) is 33.1. The lowest BCUT2D eigenvalue weighted by atomic mass is 9.95. The van der Waals surface area contributed by atoms with Crippen molar-refractivity contribution in [3.8, 4) is 0 Å². The predicted octanol–water partition coefficient (Wildman–Crippen LogP) is 6.78. The minimum Gasteiger partial charge on any atom is -0.324 e. The molecule has 1 aromatic rings. The SMILES string of the molecule is CCCCCC[N+]1(CC)CCCC1.N=C1C2=Cc3ccccc3C2=CC(S(=O)(=O)C(F)(F)F)=C1S(=O)(=O)C(F)(F)F. The highest BCUT2D eigenvalue weighted by Crippen LogP contribution is 2.47. The Balaban J connectivity index is 0.000000298. The fourth-order valence-corrected chi connectivity index (χ4v) is 7.80. The van der Waals surface area contributed by atoms with Gasteiger partial charge >= 0.3 is 11.0 Å². The third kappa shape index (κ3) is 6.48. The van der Waals surface area contributed by atoms with E-state index in [1.54, 1.807) is 0 Å². The number of rotatable bonds is 8. The van der Waals surface area contributed by atoms with Gasteiger partial charge in [-0.15, -0.1) is 0 Å². The molecular weight excluding hydrogens is 594 g/mol. The van der Waals surface area contributed by atoms with Crippen LogP contribution in [0.2, 0.25) is 0 Å². The molecule has 14 heteroatoms. The molecule has 1 aliphatic heterocycles. The lowest BCUT2D eigenvalue weighted by Gasteiger charge is -2.33. The van der Waals surface area contributed by atoms with E-state index in [0.717, 1.165) is 6.08 Å². The number of quaternary nitrogens is 1. The van der Waals surface area contributed by atoms with Crippen molar-refractivity contribution in [3.05, 3.63) is 56.9 Å². The summed E-state index contributed by atoms with van der Waals surface area (Å²) in [6, 6.07) is 5.69. The van der Waals surface area contributed by atoms with E-state index in [9.17, 15) is 43.2 Å². The van der Waals surface area contributed by atoms with E-state index < -0.39 is 51.8 Å². The average Bonchev–Trinajstić information content (AvgIpc) is 3.51. The molecule has 228 valence electrons. The number of nitrogens with one attached hydrogen (secondary N) is 1. The van der Waals surface area contributed by atoms with E-state index in [0.29, 0.717) is 0 Å². The molecule has 0 atom stereocenters. The van der Waals surface area contributed by atoms with Crippen LogP contribution in [-0.4, -0.2) is 64.2 Å². The molecule has 1 saturated heterocycles. The first-order chi connectivity index (χ1) is 18.9. The standard InChI is InChI=1S/C15H7F6NO4S2.C12H26N/c16-14(17,18)27(23,24)11-6-9-8-4-2-1-3-7(8)5-10(9)12(22)13(11)28(25,26)15(19,20)21;1-3-5-6-7-10-13(4-2)11-8-9-12-13/h1-6,22H;3-12H2,1-2H3/q;+1. The van der Waals surface area contributed by atoms with Crippen molar-refractivity contribution in [2.24, 2.45) is 0 Å². The number of fused-ring (bicyclic) bond motifs is 3. The van der Waals surface area contributed by atoms with Crippen LogP contribution < -0.4 is 0 Å². The van der Waals surface area contributed by atoms with Gasteiger partial charge in [0.25, 0.3) is 19.7 Å². The summed E-state index contributed by atoms with van der Waals surface area (Å²) in [4.78, 5) is -4.38. The number of hydrogen-bond donors (Lipinski definition) is 1. The van der Waals surface area contributed by atoms with Crippen LogP contribution in [0, 0.1) is 5.41 Å². The second-order valence-corrected chi connectivity index (χ2v) is 14.1. The Morgan fingerprint density at radius 2 is 1.39 bits per heavy atom. The van der Waals surface area contributed by atoms with Crippen molar-refractivity contribution in [1.82, 2.24) is 0 Å². The van der Waals surface area contributed by atoms with Gasteiger partial charge in [-0.1, -0.05) is 44.0 Å². The van der Waals surface area contributed by atoms with Gasteiger partial charge in [0.2, 0.25) is 0 Å². The summed E-state index contributed by atoms with van der Waals surface area (Å²) in [5.74, 6) is 0. The van der Waals surface area contributed by atoms with E-state index in [1.165, 1.54) is 93.5 Å². The molecule has 1 aromatic carbocycles. The van der Waals surface area contributed by atoms with E-state index in [-0.39, 0.29) is 22.8 Å². The fraction of sp³-hybridized carbons (Fsp3) is 0.519. The molecule has 1 N–H and O–H groups in total. The van der Waals surface area contributed by atoms with Crippen LogP contribution in [0.15, 0.2) is 45.7 Å². The van der Waals surface area contributed by atoms with Crippen molar-refractivity contribution in [1.29, 1.82) is 5.41 Å². The number of benzene rings is 1. The van der Waals surface area contributed by atoms with Crippen LogP contribution in [0.1, 0.15) is 63.5 Å². The Morgan fingerprint density at radius 1 is 0.805 bits per heavy atom. The minimum atomic E-state index is -6.58. The van der Waals surface area contributed by atoms with E-state index in [4.69, 9.17) is 5.41 Å². The molecule has 0 saturated carbocycles. The molecule has 1 heterocycles. The Hall–Kier alpha value is -2.45. The highest BCUT2D eigenvalue weighted by molar-refractivity contribution is 8.00. The van der Waals surface area contributed by atoms with Gasteiger partial charge in [0.15, 0.2) is 0 Å². The lowest BCUT2D eigenvalue weighted by molar-refractivity contribution is -0.915. The number of allylic oxidation sites excluding steroid dienone is 4. The van der Waals surface area contributed by atoms with Crippen molar-refractivity contribution in [2.75, 3.05) is 26.2 Å². The zero-order valence-corrected chi connectivity index (χ0v) is 24.3. The number of unbranched alkanes of at least 4 members (excludes halogenated alkanes) is 3. The quantitative estimate of drug-likeness (QED) is 0.196. The van der Waals surface area contributed by atoms with Crippen molar-refractivity contribution >= 4 is 37.0 Å². The maximum atomic E-state index is 13.0. The first-order valence-corrected chi connectivity index (χ1v) is 16.2. The summed E-state index contributed by atoms with van der Waals surface area (Å²) in [6.07, 6.45) is 9.99. The van der Waals surface area contributed by atoms with Crippen LogP contribution in [-0.2, 0) is 19.7 Å². The molecule has 41 heavy (non-hydrogen) atoms. The van der Waals surface area contributed by atoms with E-state index in [2.05, 4.69) is 13.8 Å². The summed E-state index contributed by atoms with van der Waals surface area (Å²) >= 11 is 0. The zero-order chi connectivity index (χ0) is 30.9. The minimum absolute atomic E-state index is 0.153. The molecule has 0 amide bonds. The van der Waals surface area contributed by atoms with Gasteiger partial charge in [-0.25, -0.2) is 16.8 Å². The highest BCUT2D eigenvalue weighted by Gasteiger charge is 2.57. The molecule has 0 radical (unpaired) electrons. The van der Waals surface area contributed by atoms with Crippen LogP contribution in [0.4, 0.5) is 26.3 Å². The van der Waals surface area contributed by atoms with E-state index >= 15 is 0 Å². The van der Waals surface area contributed by atoms with Gasteiger partial charge in [0, 0.05) is 18.4 Å². The summed E-state index contributed by atoms with van der Waals surface area (Å²) in [6.45, 7) is 10.4. The largest absolute Gasteiger partial charge is 0.502 e. The third-order valence-electron chi connectivity index (χ3n) is 7.68. The smallest absolute Gasteiger partial charge is 0.324 e. The van der Waals surface area contributed by atoms with Gasteiger partial charge in [-0.2, -0.15) is 26.3 Å². The zero-order valence-electron chi connectivity index (χ0n) is 22.7. The normalized spacial score (nSPS) is 18.8. The molecule has 3 aliphatic rings. The second kappa shape index (κ2) is 12.0. The monoisotopic (exact) mass is 627 g/mol. The second-order valence-electron chi connectivity index (χ2n) is 10.3. The topological polar surface area (TPSA) is 92.1 Å². The summed E-state index contributed by atoms with van der Waals surface area (Å²) in [7, 11) is -13.1. The van der Waals surface area contributed by atoms with Gasteiger partial charge in [-0.3, -0.25) is 5.41 Å². The number of hydrogen-bond acceptors (Lipinski definition) is 5. The van der Waals surface area contributed by atoms with Crippen LogP contribution in [0.5, 0.6) is 0 Å². The number of nitrogens with zero attached hydrogens (tertiary/aromatic N) is 1. The number of likely N-dealkylation sites (tertiary alicyclic amines) is 1. The average molecular weight is 628 g/mol. The summed E-state index contributed by atoms with van der Waals surface area (Å²) in [5, 5.41) is 7.82. The molecular formula is C27H33F6N2O4S2+. The summed E-state index contributed by atoms with van der Waals surface area (Å²) < 4.78 is 127. The van der Waals surface area contributed by atoms with Crippen molar-refractivity contribution in [3.63, 3.8) is 0 Å². The van der Waals surface area contributed by atoms with Gasteiger partial charge in [0.1, 0.15) is 4.91 Å². The molecule has 0 spiro atoms. The molecule has 0 unspecified atom stereocenters. The molecule has 2 aliphatic carbocycles. The van der Waals surface area contributed by atoms with Crippen LogP contribution >= 0.6 is 0 Å². The van der Waals surface area contributed by atoms with Gasteiger partial charge in [0.05, 0.1) is 36.8 Å². The van der Waals surface area contributed by atoms with Crippen LogP contribution in [0.3, 0.4) is 0 Å². The van der Waals surface area contributed by atoms with Crippen molar-refractivity contribution in [2.45, 2.75) is 63.4 Å². The van der Waals surface area contributed by atoms with Gasteiger partial charge < -0.3 is 4.48 Å². The highest BCUT2D eigenvalue weighted by atomic mass is 32.2.